The van der Waals surface area contributed by atoms with Gasteiger partial charge in [-0.25, -0.2) is 4.79 Å². The maximum Gasteiger partial charge on any atom is 0.333 e. The second-order valence-corrected chi connectivity index (χ2v) is 6.96. The first-order valence-corrected chi connectivity index (χ1v) is 9.21. The summed E-state index contributed by atoms with van der Waals surface area (Å²) in [4.78, 5) is 11.1. The molecule has 1 N–H and O–H groups in total. The van der Waals surface area contributed by atoms with Gasteiger partial charge in [0.05, 0.1) is 12.4 Å². The van der Waals surface area contributed by atoms with Crippen molar-refractivity contribution in [1.82, 2.24) is 0 Å². The molecule has 0 aromatic carbocycles. The Morgan fingerprint density at radius 2 is 1.38 bits per heavy atom. The van der Waals surface area contributed by atoms with Crippen molar-refractivity contribution in [2.45, 2.75) is 64.7 Å². The van der Waals surface area contributed by atoms with Crippen LogP contribution in [0, 0.1) is 0 Å². The molecular formula is C15H28O5S. The monoisotopic (exact) mass is 320 g/mol. The van der Waals surface area contributed by atoms with E-state index in [0.29, 0.717) is 18.6 Å². The highest BCUT2D eigenvalue weighted by molar-refractivity contribution is 7.85. The highest BCUT2D eigenvalue weighted by Crippen LogP contribution is 2.10. The summed E-state index contributed by atoms with van der Waals surface area (Å²) in [7, 11) is -3.79. The SMILES string of the molecule is C=C(C)C(=O)OCCCCCCCCCCCS(=O)(=O)O. The van der Waals surface area contributed by atoms with Crippen molar-refractivity contribution in [3.8, 4) is 0 Å². The van der Waals surface area contributed by atoms with Crippen molar-refractivity contribution in [2.24, 2.45) is 0 Å². The van der Waals surface area contributed by atoms with Crippen LogP contribution in [-0.2, 0) is 19.6 Å². The van der Waals surface area contributed by atoms with E-state index in [1.165, 1.54) is 0 Å². The number of hydrogen-bond acceptors (Lipinski definition) is 4. The van der Waals surface area contributed by atoms with Crippen LogP contribution in [0.2, 0.25) is 0 Å². The Balaban J connectivity index is 3.19. The first kappa shape index (κ1) is 20.1. The van der Waals surface area contributed by atoms with Crippen LogP contribution in [-0.4, -0.2) is 31.3 Å². The van der Waals surface area contributed by atoms with Crippen LogP contribution in [0.5, 0.6) is 0 Å². The van der Waals surface area contributed by atoms with Crippen LogP contribution < -0.4 is 0 Å². The van der Waals surface area contributed by atoms with Crippen LogP contribution in [0.1, 0.15) is 64.7 Å². The highest BCUT2D eigenvalue weighted by Gasteiger charge is 2.03. The topological polar surface area (TPSA) is 80.7 Å². The zero-order chi connectivity index (χ0) is 16.1. The van der Waals surface area contributed by atoms with E-state index in [1.54, 1.807) is 6.92 Å². The fourth-order valence-corrected chi connectivity index (χ4v) is 2.48. The van der Waals surface area contributed by atoms with Gasteiger partial charge in [-0.3, -0.25) is 4.55 Å². The van der Waals surface area contributed by atoms with E-state index in [4.69, 9.17) is 9.29 Å². The molecule has 0 saturated heterocycles. The summed E-state index contributed by atoms with van der Waals surface area (Å²) in [6.45, 7) is 5.61. The van der Waals surface area contributed by atoms with Gasteiger partial charge in [-0.2, -0.15) is 8.42 Å². The molecule has 0 unspecified atom stereocenters. The van der Waals surface area contributed by atoms with E-state index in [0.717, 1.165) is 51.4 Å². The Labute approximate surface area is 128 Å². The van der Waals surface area contributed by atoms with Gasteiger partial charge in [0, 0.05) is 5.57 Å². The molecule has 0 fully saturated rings. The fourth-order valence-electron chi connectivity index (χ4n) is 1.91. The molecule has 0 atom stereocenters. The molecule has 0 rings (SSSR count). The molecule has 0 aliphatic heterocycles. The third-order valence-electron chi connectivity index (χ3n) is 3.13. The lowest BCUT2D eigenvalue weighted by atomic mass is 10.1. The molecule has 0 heterocycles. The maximum atomic E-state index is 11.1. The average Bonchev–Trinajstić information content (AvgIpc) is 2.38. The Kier molecular flexibility index (Phi) is 11.3. The minimum atomic E-state index is -3.79. The predicted octanol–water partition coefficient (Wildman–Crippen LogP) is 3.50. The molecule has 0 aromatic rings. The van der Waals surface area contributed by atoms with Gasteiger partial charge in [-0.05, 0) is 19.8 Å². The molecule has 0 saturated carbocycles. The summed E-state index contributed by atoms with van der Waals surface area (Å²) < 4.78 is 34.5. The average molecular weight is 320 g/mol. The van der Waals surface area contributed by atoms with E-state index in [-0.39, 0.29) is 11.7 Å². The number of rotatable bonds is 13. The molecule has 0 aromatic heterocycles. The third-order valence-corrected chi connectivity index (χ3v) is 3.93. The van der Waals surface area contributed by atoms with Crippen molar-refractivity contribution >= 4 is 16.1 Å². The van der Waals surface area contributed by atoms with Crippen LogP contribution in [0.15, 0.2) is 12.2 Å². The molecule has 5 nitrogen and oxygen atoms in total. The molecule has 0 radical (unpaired) electrons. The number of ether oxygens (including phenoxy) is 1. The molecule has 6 heteroatoms. The van der Waals surface area contributed by atoms with Gasteiger partial charge in [-0.15, -0.1) is 0 Å². The van der Waals surface area contributed by atoms with Gasteiger partial charge in [0.1, 0.15) is 0 Å². The highest BCUT2D eigenvalue weighted by atomic mass is 32.2. The van der Waals surface area contributed by atoms with Crippen molar-refractivity contribution in [2.75, 3.05) is 12.4 Å². The van der Waals surface area contributed by atoms with E-state index >= 15 is 0 Å². The second kappa shape index (κ2) is 11.7. The Morgan fingerprint density at radius 1 is 0.952 bits per heavy atom. The van der Waals surface area contributed by atoms with Gasteiger partial charge in [0.25, 0.3) is 10.1 Å². The Bertz CT molecular complexity index is 400. The minimum Gasteiger partial charge on any atom is -0.462 e. The van der Waals surface area contributed by atoms with Gasteiger partial charge < -0.3 is 4.74 Å². The van der Waals surface area contributed by atoms with Crippen LogP contribution in [0.25, 0.3) is 0 Å². The zero-order valence-corrected chi connectivity index (χ0v) is 13.8. The van der Waals surface area contributed by atoms with Gasteiger partial charge in [0.15, 0.2) is 0 Å². The smallest absolute Gasteiger partial charge is 0.333 e. The normalized spacial score (nSPS) is 11.3. The molecule has 0 bridgehead atoms. The largest absolute Gasteiger partial charge is 0.462 e. The molecule has 21 heavy (non-hydrogen) atoms. The van der Waals surface area contributed by atoms with Crippen molar-refractivity contribution in [3.63, 3.8) is 0 Å². The molecule has 0 aliphatic carbocycles. The summed E-state index contributed by atoms with van der Waals surface area (Å²) in [6, 6.07) is 0. The summed E-state index contributed by atoms with van der Waals surface area (Å²) in [5, 5.41) is 0. The molecular weight excluding hydrogens is 292 g/mol. The van der Waals surface area contributed by atoms with Crippen LogP contribution in [0.4, 0.5) is 0 Å². The van der Waals surface area contributed by atoms with Crippen LogP contribution >= 0.6 is 0 Å². The summed E-state index contributed by atoms with van der Waals surface area (Å²) in [5.74, 6) is -0.449. The third kappa shape index (κ3) is 15.3. The zero-order valence-electron chi connectivity index (χ0n) is 13.0. The lowest BCUT2D eigenvalue weighted by Gasteiger charge is -2.04. The van der Waals surface area contributed by atoms with E-state index in [1.807, 2.05) is 0 Å². The predicted molar refractivity (Wildman–Crippen MR) is 83.7 cm³/mol. The standard InChI is InChI=1S/C15H28O5S/c1-14(2)15(16)20-12-10-8-6-4-3-5-7-9-11-13-21(17,18)19/h1,3-13H2,2H3,(H,17,18,19). The fraction of sp³-hybridized carbons (Fsp3) is 0.800. The van der Waals surface area contributed by atoms with Gasteiger partial charge >= 0.3 is 5.97 Å². The van der Waals surface area contributed by atoms with Gasteiger partial charge in [0.2, 0.25) is 0 Å². The number of unbranched alkanes of at least 4 members (excludes halogenated alkanes) is 8. The first-order valence-electron chi connectivity index (χ1n) is 7.61. The maximum absolute atomic E-state index is 11.1. The minimum absolute atomic E-state index is 0.129. The molecule has 0 aliphatic rings. The van der Waals surface area contributed by atoms with E-state index in [9.17, 15) is 13.2 Å². The van der Waals surface area contributed by atoms with E-state index < -0.39 is 10.1 Å². The summed E-state index contributed by atoms with van der Waals surface area (Å²) >= 11 is 0. The van der Waals surface area contributed by atoms with Gasteiger partial charge in [-0.1, -0.05) is 51.5 Å². The molecule has 124 valence electrons. The first-order chi connectivity index (χ1) is 9.83. The number of carbonyl (C=O) groups excluding carboxylic acids is 1. The molecule has 0 amide bonds. The lowest BCUT2D eigenvalue weighted by molar-refractivity contribution is -0.139. The number of hydrogen-bond donors (Lipinski definition) is 1. The number of carbonyl (C=O) groups is 1. The molecule has 0 spiro atoms. The quantitative estimate of drug-likeness (QED) is 0.243. The lowest BCUT2D eigenvalue weighted by Crippen LogP contribution is -2.05. The Hall–Kier alpha value is -0.880. The summed E-state index contributed by atoms with van der Waals surface area (Å²) in [5.41, 5.74) is 0.434. The number of esters is 1. The van der Waals surface area contributed by atoms with Crippen LogP contribution in [0.3, 0.4) is 0 Å². The van der Waals surface area contributed by atoms with Crippen molar-refractivity contribution in [1.29, 1.82) is 0 Å². The van der Waals surface area contributed by atoms with E-state index in [2.05, 4.69) is 6.58 Å². The van der Waals surface area contributed by atoms with Crippen molar-refractivity contribution in [3.05, 3.63) is 12.2 Å². The summed E-state index contributed by atoms with van der Waals surface area (Å²) in [6.07, 6.45) is 8.81. The Morgan fingerprint density at radius 3 is 1.81 bits per heavy atom. The second-order valence-electron chi connectivity index (χ2n) is 5.38. The van der Waals surface area contributed by atoms with Crippen molar-refractivity contribution < 1.29 is 22.5 Å².